The molecular weight excluding hydrogens is 426 g/mol. The number of pyridine rings is 1. The van der Waals surface area contributed by atoms with Crippen molar-refractivity contribution >= 4 is 17.4 Å². The van der Waals surface area contributed by atoms with Crippen LogP contribution < -0.4 is 14.2 Å². The molecule has 3 aromatic rings. The lowest BCUT2D eigenvalue weighted by Gasteiger charge is -2.15. The Morgan fingerprint density at radius 1 is 1.12 bits per heavy atom. The lowest BCUT2D eigenvalue weighted by molar-refractivity contribution is 0.201. The zero-order chi connectivity index (χ0) is 22.9. The second kappa shape index (κ2) is 11.1. The number of aromatic nitrogens is 1. The Bertz CT molecular complexity index is 1170. The number of thioether (sulfide) groups is 1. The first-order valence-corrected chi connectivity index (χ1v) is 10.6. The number of nitrogens with zero attached hydrogens (tertiary/aromatic N) is 3. The molecule has 1 aromatic heterocycles. The Morgan fingerprint density at radius 2 is 1.91 bits per heavy atom. The first-order valence-electron chi connectivity index (χ1n) is 9.64. The molecule has 162 valence electrons. The third-order valence-corrected chi connectivity index (χ3v) is 5.58. The van der Waals surface area contributed by atoms with Gasteiger partial charge in [0.05, 0.1) is 33.0 Å². The molecule has 0 aliphatic carbocycles. The maximum atomic E-state index is 9.97. The van der Waals surface area contributed by atoms with Gasteiger partial charge in [-0.1, -0.05) is 24.3 Å². The molecule has 0 amide bonds. The van der Waals surface area contributed by atoms with Crippen LogP contribution >= 0.6 is 11.8 Å². The normalized spacial score (nSPS) is 10.2. The minimum atomic E-state index is -0.0857. The predicted octanol–water partition coefficient (Wildman–Crippen LogP) is 4.85. The van der Waals surface area contributed by atoms with Crippen molar-refractivity contribution in [2.24, 2.45) is 0 Å². The average molecular weight is 448 g/mol. The van der Waals surface area contributed by atoms with E-state index in [0.717, 1.165) is 11.3 Å². The lowest BCUT2D eigenvalue weighted by atomic mass is 10.00. The number of methoxy groups -OCH3 is 2. The van der Waals surface area contributed by atoms with Crippen LogP contribution in [0.1, 0.15) is 11.1 Å². The number of hydrogen-bond acceptors (Lipinski definition) is 7. The number of rotatable bonds is 9. The number of aliphatic hydroxyl groups is 1. The maximum absolute atomic E-state index is 9.97. The summed E-state index contributed by atoms with van der Waals surface area (Å²) < 4.78 is 16.1. The minimum absolute atomic E-state index is 0.0857. The minimum Gasteiger partial charge on any atom is -0.497 e. The van der Waals surface area contributed by atoms with E-state index in [1.165, 1.54) is 18.9 Å². The van der Waals surface area contributed by atoms with Crippen molar-refractivity contribution < 1.29 is 19.3 Å². The Hall–Kier alpha value is -3.72. The van der Waals surface area contributed by atoms with Crippen molar-refractivity contribution in [2.75, 3.05) is 27.4 Å². The zero-order valence-corrected chi connectivity index (χ0v) is 18.5. The van der Waals surface area contributed by atoms with Gasteiger partial charge in [0.2, 0.25) is 5.88 Å². The summed E-state index contributed by atoms with van der Waals surface area (Å²) in [5.74, 6) is 2.07. The Balaban J connectivity index is 2.04. The highest BCUT2D eigenvalue weighted by molar-refractivity contribution is 7.98. The SMILES string of the molecule is [C-]#[N+]c1c(OC)nc(SCc2cccc(OC)c2)c(C#N)c1-c1ccc(OCCO)cc1. The summed E-state index contributed by atoms with van der Waals surface area (Å²) in [5.41, 5.74) is 2.65. The summed E-state index contributed by atoms with van der Waals surface area (Å²) >= 11 is 1.39. The van der Waals surface area contributed by atoms with Crippen LogP contribution in [-0.2, 0) is 5.75 Å². The van der Waals surface area contributed by atoms with Gasteiger partial charge in [0.15, 0.2) is 0 Å². The fraction of sp³-hybridized carbons (Fsp3) is 0.208. The van der Waals surface area contributed by atoms with E-state index in [4.69, 9.17) is 25.9 Å². The first-order chi connectivity index (χ1) is 15.6. The summed E-state index contributed by atoms with van der Waals surface area (Å²) in [6.07, 6.45) is 0. The summed E-state index contributed by atoms with van der Waals surface area (Å²) in [5, 5.41) is 19.4. The standard InChI is InChI=1S/C24H21N3O4S/c1-26-22-21(17-7-9-18(10-8-17)31-12-11-28)20(14-25)24(27-23(22)30-3)32-15-16-5-4-6-19(13-16)29-2/h4-10,13,28H,11-12,15H2,2-3H3. The van der Waals surface area contributed by atoms with Crippen LogP contribution in [0, 0.1) is 17.9 Å². The molecule has 2 aromatic carbocycles. The third kappa shape index (κ3) is 5.12. The number of benzene rings is 2. The second-order valence-corrected chi connectivity index (χ2v) is 7.45. The van der Waals surface area contributed by atoms with Crippen LogP contribution in [0.3, 0.4) is 0 Å². The molecule has 0 atom stereocenters. The van der Waals surface area contributed by atoms with Gasteiger partial charge in [0, 0.05) is 11.3 Å². The average Bonchev–Trinajstić information content (AvgIpc) is 2.85. The highest BCUT2D eigenvalue weighted by Gasteiger charge is 2.22. The third-order valence-electron chi connectivity index (χ3n) is 4.54. The molecule has 0 spiro atoms. The monoisotopic (exact) mass is 447 g/mol. The summed E-state index contributed by atoms with van der Waals surface area (Å²) in [7, 11) is 3.07. The molecule has 0 saturated heterocycles. The van der Waals surface area contributed by atoms with Crippen molar-refractivity contribution in [1.82, 2.24) is 4.98 Å². The van der Waals surface area contributed by atoms with Crippen molar-refractivity contribution in [3.8, 4) is 34.6 Å². The highest BCUT2D eigenvalue weighted by atomic mass is 32.2. The molecule has 0 bridgehead atoms. The largest absolute Gasteiger partial charge is 0.497 e. The molecule has 0 aliphatic rings. The van der Waals surface area contributed by atoms with Crippen LogP contribution in [0.5, 0.6) is 17.4 Å². The van der Waals surface area contributed by atoms with Crippen LogP contribution in [0.4, 0.5) is 5.69 Å². The van der Waals surface area contributed by atoms with Gasteiger partial charge >= 0.3 is 0 Å². The summed E-state index contributed by atoms with van der Waals surface area (Å²) in [6.45, 7) is 7.76. The van der Waals surface area contributed by atoms with Crippen LogP contribution in [0.15, 0.2) is 53.6 Å². The molecule has 0 radical (unpaired) electrons. The van der Waals surface area contributed by atoms with Gasteiger partial charge < -0.3 is 19.3 Å². The van der Waals surface area contributed by atoms with Gasteiger partial charge in [-0.2, -0.15) is 5.26 Å². The van der Waals surface area contributed by atoms with Gasteiger partial charge in [-0.3, -0.25) is 0 Å². The van der Waals surface area contributed by atoms with Gasteiger partial charge in [-0.25, -0.2) is 9.83 Å². The smallest absolute Gasteiger partial charge is 0.256 e. The summed E-state index contributed by atoms with van der Waals surface area (Å²) in [4.78, 5) is 8.06. The Morgan fingerprint density at radius 3 is 2.53 bits per heavy atom. The Labute approximate surface area is 191 Å². The van der Waals surface area contributed by atoms with Crippen LogP contribution in [0.25, 0.3) is 16.0 Å². The fourth-order valence-electron chi connectivity index (χ4n) is 3.06. The fourth-order valence-corrected chi connectivity index (χ4v) is 3.99. The zero-order valence-electron chi connectivity index (χ0n) is 17.7. The van der Waals surface area contributed by atoms with E-state index in [9.17, 15) is 5.26 Å². The van der Waals surface area contributed by atoms with E-state index < -0.39 is 0 Å². The molecular formula is C24H21N3O4S. The molecule has 0 saturated carbocycles. The van der Waals surface area contributed by atoms with E-state index in [0.29, 0.717) is 33.2 Å². The molecule has 0 unspecified atom stereocenters. The van der Waals surface area contributed by atoms with Gasteiger partial charge in [0.25, 0.3) is 5.69 Å². The number of ether oxygens (including phenoxy) is 3. The van der Waals surface area contributed by atoms with Crippen molar-refractivity contribution in [1.29, 1.82) is 5.26 Å². The second-order valence-electron chi connectivity index (χ2n) is 6.49. The molecule has 0 fully saturated rings. The molecule has 8 heteroatoms. The van der Waals surface area contributed by atoms with Gasteiger partial charge in [-0.15, -0.1) is 11.8 Å². The van der Waals surface area contributed by atoms with Crippen LogP contribution in [0.2, 0.25) is 0 Å². The van der Waals surface area contributed by atoms with Gasteiger partial charge in [-0.05, 0) is 35.4 Å². The van der Waals surface area contributed by atoms with E-state index in [1.807, 2.05) is 24.3 Å². The molecule has 7 nitrogen and oxygen atoms in total. The van der Waals surface area contributed by atoms with E-state index in [1.54, 1.807) is 31.4 Å². The molecule has 0 aliphatic heterocycles. The van der Waals surface area contributed by atoms with E-state index in [2.05, 4.69) is 15.9 Å². The summed E-state index contributed by atoms with van der Waals surface area (Å²) in [6, 6.07) is 16.9. The number of aliphatic hydroxyl groups excluding tert-OH is 1. The first kappa shape index (κ1) is 23.0. The van der Waals surface area contributed by atoms with Gasteiger partial charge in [0.1, 0.15) is 29.2 Å². The number of nitriles is 1. The van der Waals surface area contributed by atoms with Crippen molar-refractivity contribution in [3.63, 3.8) is 0 Å². The lowest BCUT2D eigenvalue weighted by Crippen LogP contribution is -2.01. The van der Waals surface area contributed by atoms with E-state index in [-0.39, 0.29) is 24.8 Å². The van der Waals surface area contributed by atoms with Crippen molar-refractivity contribution in [3.05, 3.63) is 71.1 Å². The molecule has 1 heterocycles. The molecule has 1 N–H and O–H groups in total. The maximum Gasteiger partial charge on any atom is 0.256 e. The topological polar surface area (TPSA) is 89.0 Å². The van der Waals surface area contributed by atoms with Crippen molar-refractivity contribution in [2.45, 2.75) is 10.8 Å². The molecule has 32 heavy (non-hydrogen) atoms. The number of hydrogen-bond donors (Lipinski definition) is 1. The van der Waals surface area contributed by atoms with Crippen LogP contribution in [-0.4, -0.2) is 37.5 Å². The predicted molar refractivity (Wildman–Crippen MR) is 122 cm³/mol. The Kier molecular flexibility index (Phi) is 7.93. The highest BCUT2D eigenvalue weighted by Crippen LogP contribution is 2.44. The van der Waals surface area contributed by atoms with E-state index >= 15 is 0 Å². The quantitative estimate of drug-likeness (QED) is 0.370. The molecule has 3 rings (SSSR count).